The van der Waals surface area contributed by atoms with Gasteiger partial charge in [-0.3, -0.25) is 9.59 Å². The molecule has 1 saturated carbocycles. The van der Waals surface area contributed by atoms with Crippen molar-refractivity contribution in [2.75, 3.05) is 34.8 Å². The van der Waals surface area contributed by atoms with Crippen LogP contribution in [0, 0.1) is 11.2 Å². The zero-order valence-corrected chi connectivity index (χ0v) is 26.8. The van der Waals surface area contributed by atoms with Gasteiger partial charge in [-0.15, -0.1) is 11.3 Å². The number of fused-ring (bicyclic) bond motifs is 4. The molecular formula is C37H35FN4O4S. The van der Waals surface area contributed by atoms with Crippen molar-refractivity contribution in [3.8, 4) is 10.4 Å². The predicted molar refractivity (Wildman–Crippen MR) is 180 cm³/mol. The number of aryl methyl sites for hydroxylation is 2. The lowest BCUT2D eigenvalue weighted by molar-refractivity contribution is 0.0701. The van der Waals surface area contributed by atoms with Gasteiger partial charge in [-0.05, 0) is 104 Å². The number of hydrogen-bond acceptors (Lipinski definition) is 6. The highest BCUT2D eigenvalue weighted by Crippen LogP contribution is 2.46. The summed E-state index contributed by atoms with van der Waals surface area (Å²) < 4.78 is 14.5. The van der Waals surface area contributed by atoms with Crippen LogP contribution in [-0.4, -0.2) is 47.5 Å². The van der Waals surface area contributed by atoms with Crippen molar-refractivity contribution in [3.05, 3.63) is 93.2 Å². The molecule has 47 heavy (non-hydrogen) atoms. The predicted octanol–water partition coefficient (Wildman–Crippen LogP) is 7.36. The Labute approximate surface area is 276 Å². The SMILES string of the molecule is O=C(O)c1cc2c(s1)-c1ccc(F)cc1N(C(=O)c1ccc(NC(=O)c3cc4c(nc3N3CC5(CCCCC5)C3)CCC4)cc1)CC2. The van der Waals surface area contributed by atoms with Crippen molar-refractivity contribution in [1.82, 2.24) is 4.98 Å². The summed E-state index contributed by atoms with van der Waals surface area (Å²) in [6.45, 7) is 2.17. The first-order valence-electron chi connectivity index (χ1n) is 16.4. The molecule has 4 heterocycles. The van der Waals surface area contributed by atoms with E-state index in [4.69, 9.17) is 4.98 Å². The summed E-state index contributed by atoms with van der Waals surface area (Å²) in [6, 6.07) is 14.7. The third-order valence-corrected chi connectivity index (χ3v) is 11.5. The van der Waals surface area contributed by atoms with E-state index < -0.39 is 11.8 Å². The Hall–Kier alpha value is -4.57. The standard InChI is InChI=1S/C37H35FN4O4S/c38-25-9-12-27-30(19-25)42(16-13-24-18-31(36(45)46)47-32(24)27)35(44)22-7-10-26(11-8-22)39-34(43)28-17-23-5-4-6-29(23)40-33(28)41-20-37(21-41)14-2-1-3-15-37/h7-12,17-19H,1-6,13-16,20-21H2,(H,39,43)(H,45,46). The number of nitrogens with one attached hydrogen (secondary N) is 1. The Kier molecular flexibility index (Phi) is 7.35. The molecule has 0 atom stereocenters. The van der Waals surface area contributed by atoms with Gasteiger partial charge in [0.05, 0.1) is 11.3 Å². The molecule has 240 valence electrons. The number of carbonyl (C=O) groups excluding carboxylic acids is 2. The molecule has 10 heteroatoms. The van der Waals surface area contributed by atoms with Crippen LogP contribution in [0.15, 0.2) is 54.6 Å². The number of nitrogens with zero attached hydrogens (tertiary/aromatic N) is 3. The lowest BCUT2D eigenvalue weighted by Crippen LogP contribution is -2.58. The maximum Gasteiger partial charge on any atom is 0.345 e. The van der Waals surface area contributed by atoms with Crippen LogP contribution >= 0.6 is 11.3 Å². The monoisotopic (exact) mass is 650 g/mol. The number of carbonyl (C=O) groups is 3. The van der Waals surface area contributed by atoms with E-state index in [1.54, 1.807) is 41.3 Å². The Morgan fingerprint density at radius 1 is 0.894 bits per heavy atom. The second-order valence-corrected chi connectivity index (χ2v) is 14.5. The van der Waals surface area contributed by atoms with Crippen molar-refractivity contribution in [1.29, 1.82) is 0 Å². The van der Waals surface area contributed by atoms with Crippen molar-refractivity contribution in [2.45, 2.75) is 57.8 Å². The van der Waals surface area contributed by atoms with Gasteiger partial charge in [-0.25, -0.2) is 14.2 Å². The second-order valence-electron chi connectivity index (χ2n) is 13.4. The molecule has 0 bridgehead atoms. The van der Waals surface area contributed by atoms with E-state index in [1.165, 1.54) is 44.2 Å². The van der Waals surface area contributed by atoms with E-state index in [9.17, 15) is 23.9 Å². The molecule has 0 unspecified atom stereocenters. The topological polar surface area (TPSA) is 103 Å². The number of carboxylic acid groups (broad SMARTS) is 1. The number of carboxylic acids is 1. The molecule has 2 amide bonds. The Morgan fingerprint density at radius 2 is 1.68 bits per heavy atom. The van der Waals surface area contributed by atoms with Gasteiger partial charge in [0.1, 0.15) is 16.5 Å². The van der Waals surface area contributed by atoms with Gasteiger partial charge >= 0.3 is 5.97 Å². The van der Waals surface area contributed by atoms with Crippen LogP contribution in [0.1, 0.15) is 85.7 Å². The zero-order valence-electron chi connectivity index (χ0n) is 26.0. The normalized spacial score (nSPS) is 17.7. The highest BCUT2D eigenvalue weighted by molar-refractivity contribution is 7.17. The quantitative estimate of drug-likeness (QED) is 0.234. The number of pyridine rings is 1. The summed E-state index contributed by atoms with van der Waals surface area (Å²) in [5.74, 6) is -1.23. The van der Waals surface area contributed by atoms with E-state index in [2.05, 4.69) is 10.2 Å². The lowest BCUT2D eigenvalue weighted by atomic mass is 9.68. The summed E-state index contributed by atoms with van der Waals surface area (Å²) in [7, 11) is 0. The van der Waals surface area contributed by atoms with Gasteiger partial charge in [-0.2, -0.15) is 0 Å². The number of aromatic nitrogens is 1. The molecule has 8 rings (SSSR count). The van der Waals surface area contributed by atoms with Crippen LogP contribution in [0.4, 0.5) is 21.6 Å². The number of benzene rings is 2. The zero-order chi connectivity index (χ0) is 32.3. The molecule has 4 aromatic rings. The first kappa shape index (κ1) is 29.8. The molecule has 8 nitrogen and oxygen atoms in total. The summed E-state index contributed by atoms with van der Waals surface area (Å²) in [6.07, 6.45) is 9.74. The largest absolute Gasteiger partial charge is 0.477 e. The molecule has 1 saturated heterocycles. The number of halogens is 1. The molecule has 2 N–H and O–H groups in total. The van der Waals surface area contributed by atoms with E-state index >= 15 is 0 Å². The summed E-state index contributed by atoms with van der Waals surface area (Å²) >= 11 is 1.13. The molecule has 2 aliphatic heterocycles. The Bertz CT molecular complexity index is 1920. The number of rotatable bonds is 5. The lowest BCUT2D eigenvalue weighted by Gasteiger charge is -2.53. The van der Waals surface area contributed by atoms with Crippen molar-refractivity contribution in [3.63, 3.8) is 0 Å². The van der Waals surface area contributed by atoms with Crippen LogP contribution in [0.25, 0.3) is 10.4 Å². The number of thiophene rings is 1. The third kappa shape index (κ3) is 5.38. The molecule has 1 spiro atoms. The highest BCUT2D eigenvalue weighted by Gasteiger charge is 2.45. The summed E-state index contributed by atoms with van der Waals surface area (Å²) in [5.41, 5.74) is 6.03. The van der Waals surface area contributed by atoms with Crippen LogP contribution in [0.2, 0.25) is 0 Å². The maximum atomic E-state index is 14.5. The van der Waals surface area contributed by atoms with E-state index in [0.717, 1.165) is 71.2 Å². The van der Waals surface area contributed by atoms with Crippen LogP contribution in [-0.2, 0) is 19.3 Å². The van der Waals surface area contributed by atoms with Crippen LogP contribution < -0.4 is 15.1 Å². The second kappa shape index (κ2) is 11.6. The van der Waals surface area contributed by atoms with Crippen molar-refractivity contribution < 1.29 is 23.9 Å². The molecule has 2 fully saturated rings. The van der Waals surface area contributed by atoms with Gasteiger partial charge in [0.15, 0.2) is 0 Å². The first-order chi connectivity index (χ1) is 22.8. The van der Waals surface area contributed by atoms with Crippen molar-refractivity contribution >= 4 is 46.3 Å². The van der Waals surface area contributed by atoms with Gasteiger partial charge in [0.2, 0.25) is 0 Å². The molecular weight excluding hydrogens is 615 g/mol. The van der Waals surface area contributed by atoms with Gasteiger partial charge in [0.25, 0.3) is 11.8 Å². The number of amides is 2. The average Bonchev–Trinajstić information content (AvgIpc) is 3.68. The van der Waals surface area contributed by atoms with E-state index in [0.29, 0.717) is 39.9 Å². The van der Waals surface area contributed by atoms with Crippen molar-refractivity contribution in [2.24, 2.45) is 5.41 Å². The molecule has 2 aromatic carbocycles. The summed E-state index contributed by atoms with van der Waals surface area (Å²) in [5, 5.41) is 12.6. The van der Waals surface area contributed by atoms with Crippen LogP contribution in [0.3, 0.4) is 0 Å². The highest BCUT2D eigenvalue weighted by atomic mass is 32.1. The molecule has 0 radical (unpaired) electrons. The van der Waals surface area contributed by atoms with Gasteiger partial charge in [0, 0.05) is 52.4 Å². The van der Waals surface area contributed by atoms with Crippen LogP contribution in [0.5, 0.6) is 0 Å². The average molecular weight is 651 g/mol. The molecule has 2 aromatic heterocycles. The fraction of sp³-hybridized carbons (Fsp3) is 0.351. The number of aromatic carboxylic acids is 1. The number of anilines is 3. The third-order valence-electron chi connectivity index (χ3n) is 10.3. The fourth-order valence-corrected chi connectivity index (χ4v) is 8.97. The summed E-state index contributed by atoms with van der Waals surface area (Å²) in [4.78, 5) is 49.0. The fourth-order valence-electron chi connectivity index (χ4n) is 7.88. The minimum atomic E-state index is -1.01. The first-order valence-corrected chi connectivity index (χ1v) is 17.3. The molecule has 2 aliphatic carbocycles. The smallest absolute Gasteiger partial charge is 0.345 e. The van der Waals surface area contributed by atoms with Gasteiger partial charge in [-0.1, -0.05) is 19.3 Å². The Morgan fingerprint density at radius 3 is 2.45 bits per heavy atom. The van der Waals surface area contributed by atoms with E-state index in [-0.39, 0.29) is 23.2 Å². The maximum absolute atomic E-state index is 14.5. The molecule has 4 aliphatic rings. The Balaban J connectivity index is 1.02. The minimum Gasteiger partial charge on any atom is -0.477 e. The minimum absolute atomic E-state index is 0.212. The van der Waals surface area contributed by atoms with Gasteiger partial charge < -0.3 is 20.2 Å². The number of hydrogen-bond donors (Lipinski definition) is 2. The van der Waals surface area contributed by atoms with E-state index in [1.807, 2.05) is 6.07 Å².